The van der Waals surface area contributed by atoms with Crippen LogP contribution in [0.25, 0.3) is 0 Å². The molecule has 1 aromatic rings. The van der Waals surface area contributed by atoms with Crippen molar-refractivity contribution >= 4 is 27.3 Å². The van der Waals surface area contributed by atoms with Crippen LogP contribution in [0.15, 0.2) is 15.9 Å². The maximum absolute atomic E-state index is 3.70. The maximum Gasteiger partial charge on any atom is 0.0701 e. The van der Waals surface area contributed by atoms with Crippen LogP contribution in [-0.2, 0) is 6.42 Å². The van der Waals surface area contributed by atoms with Crippen molar-refractivity contribution in [1.29, 1.82) is 0 Å². The van der Waals surface area contributed by atoms with Crippen LogP contribution in [0.3, 0.4) is 0 Å². The second-order valence-electron chi connectivity index (χ2n) is 4.88. The lowest BCUT2D eigenvalue weighted by atomic mass is 10.1. The number of hydrogen-bond acceptors (Lipinski definition) is 3. The molecule has 1 heterocycles. The summed E-state index contributed by atoms with van der Waals surface area (Å²) in [5.41, 5.74) is 0. The molecule has 1 unspecified atom stereocenters. The standard InChI is InChI=1S/C15H27BrN2S/c1-4-10-17-13(9-11-18(5-2)6-3)12-14-7-8-15(16)19-14/h7-8,13,17H,4-6,9-12H2,1-3H3. The smallest absolute Gasteiger partial charge is 0.0701 e. The Morgan fingerprint density at radius 3 is 2.53 bits per heavy atom. The fourth-order valence-corrected chi connectivity index (χ4v) is 3.77. The molecule has 0 aliphatic carbocycles. The molecule has 0 saturated carbocycles. The molecule has 0 radical (unpaired) electrons. The minimum Gasteiger partial charge on any atom is -0.314 e. The van der Waals surface area contributed by atoms with Crippen LogP contribution in [0.1, 0.15) is 38.5 Å². The first-order valence-electron chi connectivity index (χ1n) is 7.39. The summed E-state index contributed by atoms with van der Waals surface area (Å²) in [6, 6.07) is 5.00. The molecule has 0 saturated heterocycles. The third kappa shape index (κ3) is 6.89. The number of nitrogens with zero attached hydrogens (tertiary/aromatic N) is 1. The van der Waals surface area contributed by atoms with Gasteiger partial charge in [-0.3, -0.25) is 0 Å². The highest BCUT2D eigenvalue weighted by atomic mass is 79.9. The summed E-state index contributed by atoms with van der Waals surface area (Å²) < 4.78 is 1.24. The Morgan fingerprint density at radius 2 is 2.00 bits per heavy atom. The summed E-state index contributed by atoms with van der Waals surface area (Å²) >= 11 is 5.41. The first-order chi connectivity index (χ1) is 9.19. The van der Waals surface area contributed by atoms with Gasteiger partial charge < -0.3 is 10.2 Å². The van der Waals surface area contributed by atoms with E-state index in [1.54, 1.807) is 0 Å². The van der Waals surface area contributed by atoms with Crippen LogP contribution in [0.2, 0.25) is 0 Å². The SMILES string of the molecule is CCCNC(CCN(CC)CC)Cc1ccc(Br)s1. The monoisotopic (exact) mass is 346 g/mol. The Kier molecular flexibility index (Phi) is 8.95. The fraction of sp³-hybridized carbons (Fsp3) is 0.733. The normalized spacial score (nSPS) is 13.1. The van der Waals surface area contributed by atoms with Gasteiger partial charge in [0.1, 0.15) is 0 Å². The summed E-state index contributed by atoms with van der Waals surface area (Å²) in [5, 5.41) is 3.70. The van der Waals surface area contributed by atoms with E-state index in [1.165, 1.54) is 28.0 Å². The van der Waals surface area contributed by atoms with Gasteiger partial charge in [0.2, 0.25) is 0 Å². The average molecular weight is 347 g/mol. The van der Waals surface area contributed by atoms with Crippen LogP contribution in [0.5, 0.6) is 0 Å². The molecule has 0 spiro atoms. The van der Waals surface area contributed by atoms with Crippen molar-refractivity contribution < 1.29 is 0 Å². The van der Waals surface area contributed by atoms with Gasteiger partial charge in [0.25, 0.3) is 0 Å². The Hall–Kier alpha value is 0.1000. The van der Waals surface area contributed by atoms with Gasteiger partial charge in [0.05, 0.1) is 3.79 Å². The van der Waals surface area contributed by atoms with Crippen molar-refractivity contribution in [3.8, 4) is 0 Å². The summed E-state index contributed by atoms with van der Waals surface area (Å²) in [6.45, 7) is 11.3. The highest BCUT2D eigenvalue weighted by Crippen LogP contribution is 2.23. The van der Waals surface area contributed by atoms with E-state index in [0.717, 1.165) is 26.1 Å². The van der Waals surface area contributed by atoms with Crippen LogP contribution in [0, 0.1) is 0 Å². The number of nitrogens with one attached hydrogen (secondary N) is 1. The van der Waals surface area contributed by atoms with Gasteiger partial charge in [-0.15, -0.1) is 11.3 Å². The molecule has 1 N–H and O–H groups in total. The highest BCUT2D eigenvalue weighted by molar-refractivity contribution is 9.11. The average Bonchev–Trinajstić information content (AvgIpc) is 2.82. The number of hydrogen-bond donors (Lipinski definition) is 1. The number of halogens is 1. The summed E-state index contributed by atoms with van der Waals surface area (Å²) in [6.07, 6.45) is 3.59. The number of rotatable bonds is 10. The molecule has 1 atom stereocenters. The van der Waals surface area contributed by atoms with Crippen LogP contribution in [0.4, 0.5) is 0 Å². The third-order valence-corrected chi connectivity index (χ3v) is 5.09. The molecule has 19 heavy (non-hydrogen) atoms. The molecule has 0 amide bonds. The lowest BCUT2D eigenvalue weighted by Crippen LogP contribution is -2.36. The highest BCUT2D eigenvalue weighted by Gasteiger charge is 2.11. The second-order valence-corrected chi connectivity index (χ2v) is 7.42. The van der Waals surface area contributed by atoms with Crippen molar-refractivity contribution in [3.63, 3.8) is 0 Å². The lowest BCUT2D eigenvalue weighted by molar-refractivity contribution is 0.280. The molecule has 0 aromatic carbocycles. The van der Waals surface area contributed by atoms with E-state index in [9.17, 15) is 0 Å². The predicted molar refractivity (Wildman–Crippen MR) is 90.2 cm³/mol. The molecule has 0 aliphatic heterocycles. The van der Waals surface area contributed by atoms with E-state index < -0.39 is 0 Å². The Bertz CT molecular complexity index is 337. The molecule has 1 rings (SSSR count). The van der Waals surface area contributed by atoms with Gasteiger partial charge in [0, 0.05) is 10.9 Å². The van der Waals surface area contributed by atoms with Crippen molar-refractivity contribution in [2.24, 2.45) is 0 Å². The van der Waals surface area contributed by atoms with Crippen molar-refractivity contribution in [2.45, 2.75) is 46.1 Å². The molecule has 110 valence electrons. The van der Waals surface area contributed by atoms with E-state index in [4.69, 9.17) is 0 Å². The minimum absolute atomic E-state index is 0.603. The van der Waals surface area contributed by atoms with Gasteiger partial charge in [-0.25, -0.2) is 0 Å². The molecular formula is C15H27BrN2S. The van der Waals surface area contributed by atoms with Gasteiger partial charge in [-0.05, 0) is 73.5 Å². The Labute approximate surface area is 130 Å². The first kappa shape index (κ1) is 17.2. The fourth-order valence-electron chi connectivity index (χ4n) is 2.21. The van der Waals surface area contributed by atoms with Crippen molar-refractivity contribution in [3.05, 3.63) is 20.8 Å². The molecule has 1 aromatic heterocycles. The minimum atomic E-state index is 0.603. The number of thiophene rings is 1. The van der Waals surface area contributed by atoms with Crippen molar-refractivity contribution in [1.82, 2.24) is 10.2 Å². The van der Waals surface area contributed by atoms with E-state index in [-0.39, 0.29) is 0 Å². The Balaban J connectivity index is 2.46. The quantitative estimate of drug-likeness (QED) is 0.684. The lowest BCUT2D eigenvalue weighted by Gasteiger charge is -2.23. The van der Waals surface area contributed by atoms with E-state index in [0.29, 0.717) is 6.04 Å². The molecule has 0 aliphatic rings. The zero-order valence-electron chi connectivity index (χ0n) is 12.4. The van der Waals surface area contributed by atoms with Crippen LogP contribution < -0.4 is 5.32 Å². The van der Waals surface area contributed by atoms with E-state index >= 15 is 0 Å². The molecule has 0 bridgehead atoms. The van der Waals surface area contributed by atoms with Gasteiger partial charge in [-0.2, -0.15) is 0 Å². The van der Waals surface area contributed by atoms with Crippen molar-refractivity contribution in [2.75, 3.05) is 26.2 Å². The molecule has 0 fully saturated rings. The zero-order valence-corrected chi connectivity index (χ0v) is 14.8. The topological polar surface area (TPSA) is 15.3 Å². The summed E-state index contributed by atoms with van der Waals surface area (Å²) in [5.74, 6) is 0. The van der Waals surface area contributed by atoms with Crippen LogP contribution >= 0.6 is 27.3 Å². The van der Waals surface area contributed by atoms with Gasteiger partial charge in [-0.1, -0.05) is 20.8 Å². The summed E-state index contributed by atoms with van der Waals surface area (Å²) in [7, 11) is 0. The molecular weight excluding hydrogens is 320 g/mol. The van der Waals surface area contributed by atoms with Crippen LogP contribution in [-0.4, -0.2) is 37.1 Å². The second kappa shape index (κ2) is 9.92. The molecule has 4 heteroatoms. The Morgan fingerprint density at radius 1 is 1.26 bits per heavy atom. The third-order valence-electron chi connectivity index (χ3n) is 3.45. The van der Waals surface area contributed by atoms with Gasteiger partial charge in [0.15, 0.2) is 0 Å². The zero-order chi connectivity index (χ0) is 14.1. The van der Waals surface area contributed by atoms with E-state index in [2.05, 4.69) is 59.1 Å². The largest absolute Gasteiger partial charge is 0.314 e. The first-order valence-corrected chi connectivity index (χ1v) is 9.00. The van der Waals surface area contributed by atoms with E-state index in [1.807, 2.05) is 11.3 Å². The predicted octanol–water partition coefficient (Wildman–Crippen LogP) is 4.15. The maximum atomic E-state index is 3.70. The molecule has 2 nitrogen and oxygen atoms in total. The van der Waals surface area contributed by atoms with Gasteiger partial charge >= 0.3 is 0 Å². The summed E-state index contributed by atoms with van der Waals surface area (Å²) in [4.78, 5) is 3.98.